The van der Waals surface area contributed by atoms with E-state index in [2.05, 4.69) is 11.1 Å². The Morgan fingerprint density at radius 2 is 1.23 bits per heavy atom. The summed E-state index contributed by atoms with van der Waals surface area (Å²) in [5.41, 5.74) is 7.55. The van der Waals surface area contributed by atoms with Gasteiger partial charge in [-0.2, -0.15) is 5.26 Å². The zero-order valence-electron chi connectivity index (χ0n) is 17.3. The van der Waals surface area contributed by atoms with Crippen molar-refractivity contribution in [3.05, 3.63) is 101 Å². The van der Waals surface area contributed by atoms with Gasteiger partial charge in [-0.05, 0) is 31.9 Å². The van der Waals surface area contributed by atoms with E-state index < -0.39 is 0 Å². The number of hydrogen-bond acceptors (Lipinski definition) is 3. The van der Waals surface area contributed by atoms with Crippen LogP contribution in [0.25, 0.3) is 22.5 Å². The van der Waals surface area contributed by atoms with E-state index in [1.54, 1.807) is 6.21 Å². The van der Waals surface area contributed by atoms with Crippen molar-refractivity contribution < 1.29 is 4.42 Å². The Labute approximate surface area is 177 Å². The summed E-state index contributed by atoms with van der Waals surface area (Å²) >= 11 is 0. The molecule has 0 unspecified atom stereocenters. The van der Waals surface area contributed by atoms with Crippen LogP contribution in [-0.4, -0.2) is 6.21 Å². The van der Waals surface area contributed by atoms with Crippen molar-refractivity contribution >= 4 is 12.1 Å². The minimum Gasteiger partial charge on any atom is -0.436 e. The molecule has 0 amide bonds. The van der Waals surface area contributed by atoms with E-state index in [1.165, 1.54) is 11.1 Å². The first-order chi connectivity index (χ1) is 14.5. The molecule has 0 spiro atoms. The quantitative estimate of drug-likeness (QED) is 0.347. The lowest BCUT2D eigenvalue weighted by Gasteiger charge is -2.05. The van der Waals surface area contributed by atoms with Gasteiger partial charge in [0.15, 0.2) is 0 Å². The normalized spacial score (nSPS) is 11.0. The van der Waals surface area contributed by atoms with E-state index in [1.807, 2.05) is 93.6 Å². The fourth-order valence-corrected chi connectivity index (χ4v) is 3.30. The number of rotatable bonds is 4. The van der Waals surface area contributed by atoms with Gasteiger partial charge < -0.3 is 4.42 Å². The maximum Gasteiger partial charge on any atom is 0.238 e. The van der Waals surface area contributed by atoms with Crippen LogP contribution in [0.1, 0.15) is 27.8 Å². The van der Waals surface area contributed by atoms with E-state index in [-0.39, 0.29) is 0 Å². The molecule has 3 nitrogen and oxygen atoms in total. The summed E-state index contributed by atoms with van der Waals surface area (Å²) in [6, 6.07) is 26.6. The summed E-state index contributed by atoms with van der Waals surface area (Å²) in [7, 11) is 0. The molecule has 146 valence electrons. The van der Waals surface area contributed by atoms with E-state index >= 15 is 0 Å². The van der Waals surface area contributed by atoms with E-state index in [4.69, 9.17) is 4.42 Å². The standard InChI is InChI=1S/C27H22N2O/c1-18-4-10-21(11-5-18)17-29-27-24(16-28)25(22-12-6-19(2)7-13-22)26(30-27)23-14-8-20(3)9-15-23/h4-15,17H,1-3H3. The SMILES string of the molecule is Cc1ccc(C=Nc2oc(-c3ccc(C)cc3)c(-c3ccc(C)cc3)c2C#N)cc1. The van der Waals surface area contributed by atoms with E-state index in [0.717, 1.165) is 27.8 Å². The van der Waals surface area contributed by atoms with Crippen LogP contribution >= 0.6 is 0 Å². The van der Waals surface area contributed by atoms with Crippen LogP contribution in [0, 0.1) is 32.1 Å². The average molecular weight is 390 g/mol. The molecule has 1 aromatic heterocycles. The van der Waals surface area contributed by atoms with Crippen molar-refractivity contribution in [2.75, 3.05) is 0 Å². The lowest BCUT2D eigenvalue weighted by Crippen LogP contribution is -1.85. The second kappa shape index (κ2) is 8.23. The Bertz CT molecular complexity index is 1240. The second-order valence-corrected chi connectivity index (χ2v) is 7.50. The van der Waals surface area contributed by atoms with Crippen molar-refractivity contribution in [2.24, 2.45) is 4.99 Å². The third kappa shape index (κ3) is 3.94. The smallest absolute Gasteiger partial charge is 0.238 e. The molecule has 0 saturated carbocycles. The average Bonchev–Trinajstić information content (AvgIpc) is 3.13. The Morgan fingerprint density at radius 3 is 1.77 bits per heavy atom. The van der Waals surface area contributed by atoms with Gasteiger partial charge in [0.2, 0.25) is 5.88 Å². The van der Waals surface area contributed by atoms with Crippen LogP contribution in [0.2, 0.25) is 0 Å². The number of nitriles is 1. The first-order valence-electron chi connectivity index (χ1n) is 9.87. The van der Waals surface area contributed by atoms with Gasteiger partial charge in [0.25, 0.3) is 0 Å². The van der Waals surface area contributed by atoms with Crippen LogP contribution in [0.3, 0.4) is 0 Å². The number of aliphatic imine (C=N–C) groups is 1. The zero-order chi connectivity index (χ0) is 21.1. The van der Waals surface area contributed by atoms with Crippen LogP contribution < -0.4 is 0 Å². The molecule has 0 aliphatic heterocycles. The Morgan fingerprint density at radius 1 is 0.733 bits per heavy atom. The number of nitrogens with zero attached hydrogens (tertiary/aromatic N) is 2. The summed E-state index contributed by atoms with van der Waals surface area (Å²) in [6.45, 7) is 6.14. The molecular formula is C27H22N2O. The fraction of sp³-hybridized carbons (Fsp3) is 0.111. The molecule has 0 aliphatic carbocycles. The molecule has 1 heterocycles. The molecule has 0 saturated heterocycles. The van der Waals surface area contributed by atoms with Gasteiger partial charge in [-0.3, -0.25) is 0 Å². The topological polar surface area (TPSA) is 49.3 Å². The maximum absolute atomic E-state index is 9.97. The summed E-state index contributed by atoms with van der Waals surface area (Å²) in [4.78, 5) is 4.53. The summed E-state index contributed by atoms with van der Waals surface area (Å²) < 4.78 is 6.17. The highest BCUT2D eigenvalue weighted by molar-refractivity contribution is 5.90. The number of hydrogen-bond donors (Lipinski definition) is 0. The van der Waals surface area contributed by atoms with Gasteiger partial charge in [-0.25, -0.2) is 4.99 Å². The highest BCUT2D eigenvalue weighted by Gasteiger charge is 2.22. The van der Waals surface area contributed by atoms with E-state index in [9.17, 15) is 5.26 Å². The molecule has 0 N–H and O–H groups in total. The van der Waals surface area contributed by atoms with Crippen LogP contribution in [-0.2, 0) is 0 Å². The third-order valence-electron chi connectivity index (χ3n) is 5.06. The first-order valence-corrected chi connectivity index (χ1v) is 9.87. The zero-order valence-corrected chi connectivity index (χ0v) is 17.3. The molecular weight excluding hydrogens is 368 g/mol. The second-order valence-electron chi connectivity index (χ2n) is 7.50. The molecule has 0 aliphatic rings. The number of aryl methyl sites for hydroxylation is 3. The molecule has 4 aromatic rings. The highest BCUT2D eigenvalue weighted by Crippen LogP contribution is 2.42. The molecule has 3 heteroatoms. The van der Waals surface area contributed by atoms with Crippen LogP contribution in [0.5, 0.6) is 0 Å². The summed E-state index contributed by atoms with van der Waals surface area (Å²) in [5.74, 6) is 0.982. The van der Waals surface area contributed by atoms with Crippen LogP contribution in [0.15, 0.2) is 82.2 Å². The lowest BCUT2D eigenvalue weighted by molar-refractivity contribution is 0.593. The Balaban J connectivity index is 1.88. The summed E-state index contributed by atoms with van der Waals surface area (Å²) in [5, 5.41) is 9.97. The monoisotopic (exact) mass is 390 g/mol. The van der Waals surface area contributed by atoms with Gasteiger partial charge in [0.05, 0.1) is 0 Å². The molecule has 3 aromatic carbocycles. The molecule has 0 bridgehead atoms. The van der Waals surface area contributed by atoms with Gasteiger partial charge >= 0.3 is 0 Å². The van der Waals surface area contributed by atoms with Gasteiger partial charge in [-0.15, -0.1) is 0 Å². The maximum atomic E-state index is 9.97. The van der Waals surface area contributed by atoms with Gasteiger partial charge in [0.1, 0.15) is 17.4 Å². The van der Waals surface area contributed by atoms with E-state index in [0.29, 0.717) is 17.2 Å². The minimum atomic E-state index is 0.323. The first kappa shape index (κ1) is 19.4. The van der Waals surface area contributed by atoms with Crippen molar-refractivity contribution in [2.45, 2.75) is 20.8 Å². The predicted octanol–water partition coefficient (Wildman–Crippen LogP) is 7.16. The largest absolute Gasteiger partial charge is 0.436 e. The molecule has 0 atom stereocenters. The third-order valence-corrected chi connectivity index (χ3v) is 5.06. The van der Waals surface area contributed by atoms with Crippen molar-refractivity contribution in [3.63, 3.8) is 0 Å². The fourth-order valence-electron chi connectivity index (χ4n) is 3.30. The lowest BCUT2D eigenvalue weighted by atomic mass is 9.97. The van der Waals surface area contributed by atoms with Crippen molar-refractivity contribution in [1.82, 2.24) is 0 Å². The van der Waals surface area contributed by atoms with Crippen molar-refractivity contribution in [3.8, 4) is 28.5 Å². The van der Waals surface area contributed by atoms with Crippen LogP contribution in [0.4, 0.5) is 5.88 Å². The Hall–Kier alpha value is -3.90. The summed E-state index contributed by atoms with van der Waals surface area (Å²) in [6.07, 6.45) is 1.73. The molecule has 0 fully saturated rings. The minimum absolute atomic E-state index is 0.323. The number of furan rings is 1. The van der Waals surface area contributed by atoms with Gasteiger partial charge in [-0.1, -0.05) is 89.5 Å². The Kier molecular flexibility index (Phi) is 5.32. The molecule has 30 heavy (non-hydrogen) atoms. The highest BCUT2D eigenvalue weighted by atomic mass is 16.4. The van der Waals surface area contributed by atoms with Gasteiger partial charge in [0, 0.05) is 17.3 Å². The van der Waals surface area contributed by atoms with Crippen molar-refractivity contribution in [1.29, 1.82) is 5.26 Å². The molecule has 4 rings (SSSR count). The number of benzene rings is 3. The molecule has 0 radical (unpaired) electrons. The predicted molar refractivity (Wildman–Crippen MR) is 122 cm³/mol.